The fourth-order valence-corrected chi connectivity index (χ4v) is 5.17. The van der Waals surface area contributed by atoms with Gasteiger partial charge in [-0.1, -0.05) is 39.0 Å². The van der Waals surface area contributed by atoms with Gasteiger partial charge in [0, 0.05) is 16.7 Å². The summed E-state index contributed by atoms with van der Waals surface area (Å²) in [5.41, 5.74) is 4.87. The molecule has 4 rings (SSSR count). The molecule has 128 valence electrons. The highest BCUT2D eigenvalue weighted by atomic mass is 32.1. The van der Waals surface area contributed by atoms with Gasteiger partial charge in [-0.3, -0.25) is 4.79 Å². The Labute approximate surface area is 153 Å². The quantitative estimate of drug-likeness (QED) is 0.475. The molecule has 1 heterocycles. The molecule has 0 aromatic heterocycles. The van der Waals surface area contributed by atoms with Crippen LogP contribution in [0.4, 0.5) is 5.69 Å². The molecule has 4 heteroatoms. The smallest absolute Gasteiger partial charge is 0.256 e. The van der Waals surface area contributed by atoms with Gasteiger partial charge in [-0.05, 0) is 53.6 Å². The maximum Gasteiger partial charge on any atom is 0.256 e. The summed E-state index contributed by atoms with van der Waals surface area (Å²) in [6, 6.07) is 6.00. The number of rotatable bonds is 2. The summed E-state index contributed by atoms with van der Waals surface area (Å²) in [7, 11) is 0. The number of fused-ring (bicyclic) bond motifs is 1. The highest BCUT2D eigenvalue weighted by Crippen LogP contribution is 2.59. The lowest BCUT2D eigenvalue weighted by Crippen LogP contribution is -2.47. The van der Waals surface area contributed by atoms with E-state index >= 15 is 0 Å². The zero-order chi connectivity index (χ0) is 18.0. The number of carbonyl (C=O) groups excluding carboxylic acids is 1. The Hall–Kier alpha value is -2.03. The lowest BCUT2D eigenvalue weighted by atomic mass is 9.53. The van der Waals surface area contributed by atoms with Crippen molar-refractivity contribution in [2.24, 2.45) is 16.3 Å². The summed E-state index contributed by atoms with van der Waals surface area (Å²) in [6.07, 6.45) is 3.96. The van der Waals surface area contributed by atoms with Crippen molar-refractivity contribution in [1.82, 2.24) is 0 Å². The van der Waals surface area contributed by atoms with E-state index in [0.717, 1.165) is 35.2 Å². The van der Waals surface area contributed by atoms with Crippen LogP contribution in [0.3, 0.4) is 0 Å². The van der Waals surface area contributed by atoms with Crippen LogP contribution in [0.1, 0.15) is 44.7 Å². The van der Waals surface area contributed by atoms with Crippen molar-refractivity contribution >= 4 is 34.5 Å². The van der Waals surface area contributed by atoms with Crippen molar-refractivity contribution in [3.63, 3.8) is 0 Å². The van der Waals surface area contributed by atoms with E-state index in [0.29, 0.717) is 0 Å². The van der Waals surface area contributed by atoms with Crippen molar-refractivity contribution in [2.45, 2.75) is 45.1 Å². The number of hydrogen-bond acceptors (Lipinski definition) is 3. The Morgan fingerprint density at radius 2 is 2.16 bits per heavy atom. The molecule has 1 aromatic carbocycles. The standard InChI is InChI=1S/C21H22N2OS/c1-5-21(4)10-9-13-16(18(21)22-11-25)17-15-12(20(13,2)3)7-6-8-14(15)23-19(17)24/h5-8,13,18H,1,9-10H2,2-4H3,(H,23,24)/t13-,18?,21-/m0/s1. The van der Waals surface area contributed by atoms with E-state index in [-0.39, 0.29) is 28.7 Å². The molecule has 0 saturated heterocycles. The molecular weight excluding hydrogens is 328 g/mol. The largest absolute Gasteiger partial charge is 0.321 e. The molecule has 25 heavy (non-hydrogen) atoms. The normalized spacial score (nSPS) is 31.6. The molecule has 1 fully saturated rings. The molecule has 1 N–H and O–H groups in total. The first-order valence-corrected chi connectivity index (χ1v) is 9.16. The van der Waals surface area contributed by atoms with E-state index in [4.69, 9.17) is 12.2 Å². The number of aliphatic imine (C=N–C) groups is 1. The van der Waals surface area contributed by atoms with Crippen LogP contribution < -0.4 is 5.32 Å². The van der Waals surface area contributed by atoms with Gasteiger partial charge in [0.2, 0.25) is 0 Å². The lowest BCUT2D eigenvalue weighted by Gasteiger charge is -2.50. The van der Waals surface area contributed by atoms with E-state index in [1.807, 2.05) is 18.2 Å². The summed E-state index contributed by atoms with van der Waals surface area (Å²) in [4.78, 5) is 17.4. The van der Waals surface area contributed by atoms with Crippen LogP contribution in [0.2, 0.25) is 0 Å². The number of anilines is 1. The Morgan fingerprint density at radius 3 is 2.84 bits per heavy atom. The maximum atomic E-state index is 12.9. The topological polar surface area (TPSA) is 41.5 Å². The molecular formula is C21H22N2OS. The van der Waals surface area contributed by atoms with Gasteiger partial charge >= 0.3 is 0 Å². The minimum atomic E-state index is -0.212. The summed E-state index contributed by atoms with van der Waals surface area (Å²) in [6.45, 7) is 10.8. The van der Waals surface area contributed by atoms with E-state index in [9.17, 15) is 4.79 Å². The third-order valence-electron chi connectivity index (χ3n) is 6.56. The van der Waals surface area contributed by atoms with Gasteiger partial charge in [-0.15, -0.1) is 6.58 Å². The summed E-state index contributed by atoms with van der Waals surface area (Å²) < 4.78 is 0. The Balaban J connectivity index is 2.09. The lowest BCUT2D eigenvalue weighted by molar-refractivity contribution is -0.110. The zero-order valence-electron chi connectivity index (χ0n) is 14.8. The second-order valence-electron chi connectivity index (χ2n) is 8.16. The minimum absolute atomic E-state index is 0.0177. The number of hydrogen-bond donors (Lipinski definition) is 1. The van der Waals surface area contributed by atoms with Gasteiger partial charge in [-0.25, -0.2) is 4.99 Å². The van der Waals surface area contributed by atoms with Crippen LogP contribution in [0, 0.1) is 11.3 Å². The highest BCUT2D eigenvalue weighted by Gasteiger charge is 2.53. The first-order valence-electron chi connectivity index (χ1n) is 8.75. The van der Waals surface area contributed by atoms with Gasteiger partial charge in [0.1, 0.15) is 0 Å². The number of carbonyl (C=O) groups is 1. The monoisotopic (exact) mass is 350 g/mol. The predicted octanol–water partition coefficient (Wildman–Crippen LogP) is 4.76. The molecule has 0 radical (unpaired) electrons. The predicted molar refractivity (Wildman–Crippen MR) is 105 cm³/mol. The SMILES string of the molecule is C=C[C@@]1(C)CC[C@H]2C(=C3C(=O)Nc4cccc(c43)C2(C)C)C1N=C=S. The van der Waals surface area contributed by atoms with E-state index in [1.165, 1.54) is 5.56 Å². The average molecular weight is 350 g/mol. The third-order valence-corrected chi connectivity index (χ3v) is 6.66. The maximum absolute atomic E-state index is 12.9. The number of nitrogens with zero attached hydrogens (tertiary/aromatic N) is 1. The Bertz CT molecular complexity index is 891. The molecule has 1 aromatic rings. The van der Waals surface area contributed by atoms with Crippen LogP contribution in [0.5, 0.6) is 0 Å². The molecule has 3 aliphatic rings. The molecule has 2 aliphatic carbocycles. The third kappa shape index (κ3) is 2.01. The molecule has 1 amide bonds. The molecule has 0 spiro atoms. The minimum Gasteiger partial charge on any atom is -0.321 e. The van der Waals surface area contributed by atoms with Crippen molar-refractivity contribution in [2.75, 3.05) is 5.32 Å². The molecule has 3 atom stereocenters. The summed E-state index contributed by atoms with van der Waals surface area (Å²) in [5.74, 6) is 0.245. The average Bonchev–Trinajstić information content (AvgIpc) is 2.91. The molecule has 0 bridgehead atoms. The summed E-state index contributed by atoms with van der Waals surface area (Å²) in [5, 5.41) is 5.63. The number of benzene rings is 1. The van der Waals surface area contributed by atoms with Gasteiger partial charge < -0.3 is 5.32 Å². The van der Waals surface area contributed by atoms with Crippen molar-refractivity contribution < 1.29 is 4.79 Å². The van der Waals surface area contributed by atoms with Crippen LogP contribution in [-0.2, 0) is 10.2 Å². The van der Waals surface area contributed by atoms with Crippen LogP contribution in [0.25, 0.3) is 5.57 Å². The molecule has 3 nitrogen and oxygen atoms in total. The number of amides is 1. The van der Waals surface area contributed by atoms with Gasteiger partial charge in [0.15, 0.2) is 0 Å². The molecule has 1 unspecified atom stereocenters. The van der Waals surface area contributed by atoms with E-state index < -0.39 is 0 Å². The van der Waals surface area contributed by atoms with Gasteiger partial charge in [-0.2, -0.15) is 0 Å². The number of thiocarbonyl (C=S) groups is 1. The van der Waals surface area contributed by atoms with Crippen LogP contribution >= 0.6 is 12.2 Å². The molecule has 1 aliphatic heterocycles. The molecule has 1 saturated carbocycles. The number of nitrogens with one attached hydrogen (secondary N) is 1. The zero-order valence-corrected chi connectivity index (χ0v) is 15.7. The fourth-order valence-electron chi connectivity index (χ4n) is 5.06. The second-order valence-corrected chi connectivity index (χ2v) is 8.34. The van der Waals surface area contributed by atoms with Gasteiger partial charge in [0.25, 0.3) is 5.91 Å². The Kier molecular flexibility index (Phi) is 3.44. The fraction of sp³-hybridized carbons (Fsp3) is 0.429. The highest BCUT2D eigenvalue weighted by molar-refractivity contribution is 7.78. The van der Waals surface area contributed by atoms with Crippen LogP contribution in [0.15, 0.2) is 41.4 Å². The first kappa shape index (κ1) is 16.4. The van der Waals surface area contributed by atoms with Crippen molar-refractivity contribution in [3.05, 3.63) is 47.6 Å². The van der Waals surface area contributed by atoms with Crippen LogP contribution in [-0.4, -0.2) is 17.1 Å². The summed E-state index contributed by atoms with van der Waals surface area (Å²) >= 11 is 4.96. The second kappa shape index (κ2) is 5.23. The van der Waals surface area contributed by atoms with Gasteiger partial charge in [0.05, 0.1) is 16.8 Å². The van der Waals surface area contributed by atoms with Crippen molar-refractivity contribution in [1.29, 1.82) is 0 Å². The van der Waals surface area contributed by atoms with E-state index in [2.05, 4.69) is 48.9 Å². The van der Waals surface area contributed by atoms with Crippen molar-refractivity contribution in [3.8, 4) is 0 Å². The van der Waals surface area contributed by atoms with E-state index in [1.54, 1.807) is 0 Å². The first-order chi connectivity index (χ1) is 11.8. The Morgan fingerprint density at radius 1 is 1.40 bits per heavy atom. The number of isothiocyanates is 1.